The number of rotatable bonds is 6. The number of aryl methyl sites for hydroxylation is 1. The molecule has 1 aromatic carbocycles. The fourth-order valence-electron chi connectivity index (χ4n) is 2.05. The van der Waals surface area contributed by atoms with E-state index >= 15 is 0 Å². The van der Waals surface area contributed by atoms with Crippen LogP contribution in [-0.2, 0) is 6.54 Å². The van der Waals surface area contributed by atoms with Crippen molar-refractivity contribution in [2.75, 3.05) is 13.6 Å². The Morgan fingerprint density at radius 1 is 1.21 bits per heavy atom. The van der Waals surface area contributed by atoms with Gasteiger partial charge in [0.2, 0.25) is 0 Å². The van der Waals surface area contributed by atoms with E-state index in [1.54, 1.807) is 6.26 Å². The van der Waals surface area contributed by atoms with Gasteiger partial charge in [-0.1, -0.05) is 29.8 Å². The third-order valence-electron chi connectivity index (χ3n) is 3.25. The molecule has 1 aromatic heterocycles. The Kier molecular flexibility index (Phi) is 4.77. The van der Waals surface area contributed by atoms with Crippen LogP contribution in [0, 0.1) is 6.92 Å². The quantitative estimate of drug-likeness (QED) is 0.865. The van der Waals surface area contributed by atoms with Gasteiger partial charge in [-0.3, -0.25) is 4.90 Å². The smallest absolute Gasteiger partial charge is 0.117 e. The van der Waals surface area contributed by atoms with Gasteiger partial charge in [-0.2, -0.15) is 0 Å². The molecule has 102 valence electrons. The molecule has 1 atom stereocenters. The van der Waals surface area contributed by atoms with Crippen molar-refractivity contribution in [2.45, 2.75) is 26.0 Å². The van der Waals surface area contributed by atoms with Crippen molar-refractivity contribution < 1.29 is 9.52 Å². The molecule has 2 rings (SSSR count). The summed E-state index contributed by atoms with van der Waals surface area (Å²) in [5, 5.41) is 10.1. The Balaban J connectivity index is 1.79. The third kappa shape index (κ3) is 4.23. The highest BCUT2D eigenvalue weighted by Gasteiger charge is 2.09. The molecule has 19 heavy (non-hydrogen) atoms. The molecule has 0 saturated carbocycles. The zero-order valence-electron chi connectivity index (χ0n) is 11.5. The first-order valence-electron chi connectivity index (χ1n) is 6.60. The summed E-state index contributed by atoms with van der Waals surface area (Å²) in [6.07, 6.45) is 2.00. The van der Waals surface area contributed by atoms with E-state index in [4.69, 9.17) is 4.42 Å². The first-order valence-corrected chi connectivity index (χ1v) is 6.60. The number of hydrogen-bond acceptors (Lipinski definition) is 3. The predicted octanol–water partition coefficient (Wildman–Crippen LogP) is 3.14. The molecule has 3 nitrogen and oxygen atoms in total. The molecule has 2 aromatic rings. The predicted molar refractivity (Wildman–Crippen MR) is 75.8 cm³/mol. The van der Waals surface area contributed by atoms with Crippen LogP contribution in [0.1, 0.15) is 29.4 Å². The number of aliphatic hydroxyl groups excluding tert-OH is 1. The lowest BCUT2D eigenvalue weighted by Crippen LogP contribution is -2.20. The number of furan rings is 1. The van der Waals surface area contributed by atoms with Gasteiger partial charge in [-0.05, 0) is 38.1 Å². The topological polar surface area (TPSA) is 36.6 Å². The van der Waals surface area contributed by atoms with E-state index in [0.29, 0.717) is 0 Å². The van der Waals surface area contributed by atoms with Gasteiger partial charge in [0.1, 0.15) is 5.76 Å². The second-order valence-electron chi connectivity index (χ2n) is 5.03. The van der Waals surface area contributed by atoms with Gasteiger partial charge in [0.15, 0.2) is 0 Å². The molecule has 0 saturated heterocycles. The van der Waals surface area contributed by atoms with Crippen LogP contribution in [0.2, 0.25) is 0 Å². The highest BCUT2D eigenvalue weighted by molar-refractivity contribution is 5.23. The maximum Gasteiger partial charge on any atom is 0.117 e. The van der Waals surface area contributed by atoms with Crippen molar-refractivity contribution in [3.05, 3.63) is 59.5 Å². The Bertz CT molecular complexity index is 476. The molecule has 0 aliphatic carbocycles. The van der Waals surface area contributed by atoms with E-state index < -0.39 is 6.10 Å². The van der Waals surface area contributed by atoms with E-state index in [1.165, 1.54) is 5.56 Å². The summed E-state index contributed by atoms with van der Waals surface area (Å²) in [5.41, 5.74) is 2.20. The monoisotopic (exact) mass is 259 g/mol. The maximum absolute atomic E-state index is 10.1. The molecular weight excluding hydrogens is 238 g/mol. The molecule has 0 aliphatic heterocycles. The van der Waals surface area contributed by atoms with Gasteiger partial charge in [-0.15, -0.1) is 0 Å². The summed E-state index contributed by atoms with van der Waals surface area (Å²) in [7, 11) is 2.03. The summed E-state index contributed by atoms with van der Waals surface area (Å²) in [6, 6.07) is 11.9. The first-order chi connectivity index (χ1) is 9.15. The third-order valence-corrected chi connectivity index (χ3v) is 3.25. The molecule has 0 radical (unpaired) electrons. The lowest BCUT2D eigenvalue weighted by Gasteiger charge is -2.18. The van der Waals surface area contributed by atoms with Gasteiger partial charge < -0.3 is 9.52 Å². The van der Waals surface area contributed by atoms with Gasteiger partial charge in [0.05, 0.1) is 18.9 Å². The maximum atomic E-state index is 10.1. The number of aliphatic hydroxyl groups is 1. The molecule has 0 spiro atoms. The lowest BCUT2D eigenvalue weighted by atomic mass is 10.0. The normalized spacial score (nSPS) is 12.8. The highest BCUT2D eigenvalue weighted by Crippen LogP contribution is 2.17. The molecule has 0 bridgehead atoms. The second kappa shape index (κ2) is 6.55. The Morgan fingerprint density at radius 2 is 1.95 bits per heavy atom. The van der Waals surface area contributed by atoms with Gasteiger partial charge in [0.25, 0.3) is 0 Å². The summed E-state index contributed by atoms with van der Waals surface area (Å²) < 4.78 is 5.30. The van der Waals surface area contributed by atoms with Crippen LogP contribution in [0.3, 0.4) is 0 Å². The highest BCUT2D eigenvalue weighted by atomic mass is 16.3. The van der Waals surface area contributed by atoms with Crippen LogP contribution >= 0.6 is 0 Å². The average molecular weight is 259 g/mol. The summed E-state index contributed by atoms with van der Waals surface area (Å²) in [4.78, 5) is 2.15. The minimum atomic E-state index is -0.403. The molecule has 1 unspecified atom stereocenters. The van der Waals surface area contributed by atoms with E-state index in [9.17, 15) is 5.11 Å². The summed E-state index contributed by atoms with van der Waals surface area (Å²) in [6.45, 7) is 3.65. The van der Waals surface area contributed by atoms with Crippen molar-refractivity contribution in [2.24, 2.45) is 0 Å². The largest absolute Gasteiger partial charge is 0.468 e. The minimum absolute atomic E-state index is 0.403. The van der Waals surface area contributed by atoms with E-state index in [1.807, 2.05) is 50.4 Å². The zero-order chi connectivity index (χ0) is 13.7. The standard InChI is InChI=1S/C16H21NO2/c1-13-5-7-14(8-6-13)16(18)9-10-17(2)12-15-4-3-11-19-15/h3-8,11,16,18H,9-10,12H2,1-2H3. The second-order valence-corrected chi connectivity index (χ2v) is 5.03. The Labute approximate surface area is 114 Å². The van der Waals surface area contributed by atoms with Crippen LogP contribution in [0.4, 0.5) is 0 Å². The van der Waals surface area contributed by atoms with Crippen molar-refractivity contribution >= 4 is 0 Å². The minimum Gasteiger partial charge on any atom is -0.468 e. The van der Waals surface area contributed by atoms with E-state index in [-0.39, 0.29) is 0 Å². The van der Waals surface area contributed by atoms with Crippen molar-refractivity contribution in [3.8, 4) is 0 Å². The Morgan fingerprint density at radius 3 is 2.58 bits per heavy atom. The van der Waals surface area contributed by atoms with Crippen LogP contribution in [0.5, 0.6) is 0 Å². The molecule has 0 amide bonds. The van der Waals surface area contributed by atoms with Crippen molar-refractivity contribution in [3.63, 3.8) is 0 Å². The number of nitrogens with zero attached hydrogens (tertiary/aromatic N) is 1. The van der Waals surface area contributed by atoms with Crippen LogP contribution in [0.15, 0.2) is 47.1 Å². The fourth-order valence-corrected chi connectivity index (χ4v) is 2.05. The van der Waals surface area contributed by atoms with Crippen LogP contribution in [-0.4, -0.2) is 23.6 Å². The lowest BCUT2D eigenvalue weighted by molar-refractivity contribution is 0.145. The van der Waals surface area contributed by atoms with Crippen molar-refractivity contribution in [1.29, 1.82) is 0 Å². The molecule has 0 aliphatic rings. The zero-order valence-corrected chi connectivity index (χ0v) is 11.5. The number of hydrogen-bond donors (Lipinski definition) is 1. The average Bonchev–Trinajstić information content (AvgIpc) is 2.89. The molecule has 1 heterocycles. The molecular formula is C16H21NO2. The molecule has 3 heteroatoms. The van der Waals surface area contributed by atoms with Gasteiger partial charge in [0, 0.05) is 6.54 Å². The SMILES string of the molecule is Cc1ccc(C(O)CCN(C)Cc2ccco2)cc1. The van der Waals surface area contributed by atoms with Gasteiger partial charge in [-0.25, -0.2) is 0 Å². The van der Waals surface area contributed by atoms with Gasteiger partial charge >= 0.3 is 0 Å². The molecule has 1 N–H and O–H groups in total. The van der Waals surface area contributed by atoms with Crippen LogP contribution < -0.4 is 0 Å². The van der Waals surface area contributed by atoms with E-state index in [0.717, 1.165) is 30.8 Å². The number of benzene rings is 1. The Hall–Kier alpha value is -1.58. The van der Waals surface area contributed by atoms with E-state index in [2.05, 4.69) is 4.90 Å². The summed E-state index contributed by atoms with van der Waals surface area (Å²) >= 11 is 0. The summed E-state index contributed by atoms with van der Waals surface area (Å²) in [5.74, 6) is 0.951. The first kappa shape index (κ1) is 13.8. The van der Waals surface area contributed by atoms with Crippen LogP contribution in [0.25, 0.3) is 0 Å². The fraction of sp³-hybridized carbons (Fsp3) is 0.375. The van der Waals surface area contributed by atoms with Crippen molar-refractivity contribution in [1.82, 2.24) is 4.90 Å². The molecule has 0 fully saturated rings.